The highest BCUT2D eigenvalue weighted by Crippen LogP contribution is 2.26. The molecule has 1 rings (SSSR count). The molecular weight excluding hydrogens is 170 g/mol. The van der Waals surface area contributed by atoms with Crippen molar-refractivity contribution in [3.8, 4) is 0 Å². The van der Waals surface area contributed by atoms with E-state index in [1.54, 1.807) is 6.92 Å². The highest BCUT2D eigenvalue weighted by molar-refractivity contribution is 5.71. The van der Waals surface area contributed by atoms with Crippen LogP contribution in [0.5, 0.6) is 0 Å². The van der Waals surface area contributed by atoms with Crippen LogP contribution in [0.25, 0.3) is 0 Å². The van der Waals surface area contributed by atoms with E-state index in [-0.39, 0.29) is 18.5 Å². The zero-order chi connectivity index (χ0) is 9.90. The molecule has 4 nitrogen and oxygen atoms in total. The minimum atomic E-state index is -0.894. The van der Waals surface area contributed by atoms with Crippen LogP contribution in [-0.2, 0) is 9.53 Å². The molecule has 3 N–H and O–H groups in total. The number of ether oxygens (including phenoxy) is 1. The molecule has 1 saturated heterocycles. The van der Waals surface area contributed by atoms with Crippen molar-refractivity contribution in [2.45, 2.75) is 44.3 Å². The van der Waals surface area contributed by atoms with Gasteiger partial charge in [-0.05, 0) is 26.3 Å². The van der Waals surface area contributed by atoms with Crippen molar-refractivity contribution in [3.63, 3.8) is 0 Å². The van der Waals surface area contributed by atoms with Crippen LogP contribution in [0.15, 0.2) is 0 Å². The zero-order valence-corrected chi connectivity index (χ0v) is 7.95. The summed E-state index contributed by atoms with van der Waals surface area (Å²) in [5, 5.41) is 9.68. The summed E-state index contributed by atoms with van der Waals surface area (Å²) in [6.45, 7) is 2.26. The Bertz CT molecular complexity index is 191. The Morgan fingerprint density at radius 1 is 1.77 bits per heavy atom. The molecule has 1 fully saturated rings. The van der Waals surface area contributed by atoms with E-state index in [0.29, 0.717) is 13.0 Å². The smallest absolute Gasteiger partial charge is 0.308 e. The highest BCUT2D eigenvalue weighted by Gasteiger charge is 2.35. The molecule has 1 heterocycles. The van der Waals surface area contributed by atoms with E-state index in [9.17, 15) is 9.90 Å². The summed E-state index contributed by atoms with van der Waals surface area (Å²) in [6.07, 6.45) is 2.05. The molecule has 0 aliphatic carbocycles. The molecule has 0 radical (unpaired) electrons. The summed E-state index contributed by atoms with van der Waals surface area (Å²) in [5.74, 6) is -0.307. The molecule has 0 aromatic rings. The second-order valence-electron chi connectivity index (χ2n) is 3.92. The Kier molecular flexibility index (Phi) is 3.27. The van der Waals surface area contributed by atoms with Crippen molar-refractivity contribution in [2.75, 3.05) is 6.54 Å². The maximum absolute atomic E-state index is 11.0. The molecule has 2 atom stereocenters. The maximum atomic E-state index is 11.0. The lowest BCUT2D eigenvalue weighted by atomic mass is 9.90. The molecule has 76 valence electrons. The van der Waals surface area contributed by atoms with E-state index in [2.05, 4.69) is 0 Å². The van der Waals surface area contributed by atoms with Crippen LogP contribution >= 0.6 is 0 Å². The van der Waals surface area contributed by atoms with Gasteiger partial charge in [-0.2, -0.15) is 0 Å². The molecule has 1 aliphatic rings. The van der Waals surface area contributed by atoms with Gasteiger partial charge in [0.2, 0.25) is 0 Å². The second-order valence-corrected chi connectivity index (χ2v) is 3.92. The van der Waals surface area contributed by atoms with Gasteiger partial charge >= 0.3 is 5.97 Å². The lowest BCUT2D eigenvalue weighted by molar-refractivity contribution is -0.168. The van der Waals surface area contributed by atoms with Gasteiger partial charge in [0.1, 0.15) is 6.10 Å². The molecule has 0 bridgehead atoms. The molecule has 4 heteroatoms. The molecule has 0 aromatic heterocycles. The lowest BCUT2D eigenvalue weighted by Crippen LogP contribution is -2.41. The number of esters is 1. The number of carbonyl (C=O) groups is 1. The number of aliphatic hydroxyl groups is 1. The van der Waals surface area contributed by atoms with Gasteiger partial charge in [-0.3, -0.25) is 4.79 Å². The minimum absolute atomic E-state index is 0.103. The topological polar surface area (TPSA) is 72.5 Å². The van der Waals surface area contributed by atoms with Crippen LogP contribution in [0.3, 0.4) is 0 Å². The largest absolute Gasteiger partial charge is 0.462 e. The van der Waals surface area contributed by atoms with Gasteiger partial charge in [-0.25, -0.2) is 0 Å². The number of hydrogen-bond donors (Lipinski definition) is 2. The molecule has 0 spiro atoms. The van der Waals surface area contributed by atoms with Gasteiger partial charge in [0.25, 0.3) is 0 Å². The van der Waals surface area contributed by atoms with Crippen LogP contribution in [0.2, 0.25) is 0 Å². The Balaban J connectivity index is 2.43. The highest BCUT2D eigenvalue weighted by atomic mass is 16.5. The fraction of sp³-hybridized carbons (Fsp3) is 0.889. The van der Waals surface area contributed by atoms with Gasteiger partial charge in [0.15, 0.2) is 0 Å². The SMILES string of the molecule is CC1(O)CC(=O)OC(CCCN)C1. The summed E-state index contributed by atoms with van der Waals surface area (Å²) in [4.78, 5) is 11.0. The summed E-state index contributed by atoms with van der Waals surface area (Å²) in [7, 11) is 0. The predicted octanol–water partition coefficient (Wildman–Crippen LogP) is 0.182. The molecule has 0 amide bonds. The minimum Gasteiger partial charge on any atom is -0.462 e. The third kappa shape index (κ3) is 3.32. The molecule has 0 saturated carbocycles. The van der Waals surface area contributed by atoms with E-state index < -0.39 is 5.60 Å². The first-order chi connectivity index (χ1) is 6.03. The zero-order valence-electron chi connectivity index (χ0n) is 7.95. The average Bonchev–Trinajstić information content (AvgIpc) is 1.97. The van der Waals surface area contributed by atoms with E-state index in [4.69, 9.17) is 10.5 Å². The van der Waals surface area contributed by atoms with Crippen LogP contribution in [0.1, 0.15) is 32.6 Å². The van der Waals surface area contributed by atoms with Crippen molar-refractivity contribution >= 4 is 5.97 Å². The predicted molar refractivity (Wildman–Crippen MR) is 48.0 cm³/mol. The average molecular weight is 187 g/mol. The molecule has 0 aromatic carbocycles. The van der Waals surface area contributed by atoms with E-state index in [1.807, 2.05) is 0 Å². The Labute approximate surface area is 78.1 Å². The molecule has 1 aliphatic heterocycles. The maximum Gasteiger partial charge on any atom is 0.308 e. The fourth-order valence-electron chi connectivity index (χ4n) is 1.65. The number of rotatable bonds is 3. The normalized spacial score (nSPS) is 34.4. The van der Waals surface area contributed by atoms with Crippen LogP contribution < -0.4 is 5.73 Å². The molecular formula is C9H17NO3. The van der Waals surface area contributed by atoms with Gasteiger partial charge in [0.05, 0.1) is 12.0 Å². The first-order valence-corrected chi connectivity index (χ1v) is 4.65. The number of cyclic esters (lactones) is 1. The number of carbonyl (C=O) groups excluding carboxylic acids is 1. The third-order valence-corrected chi connectivity index (χ3v) is 2.22. The van der Waals surface area contributed by atoms with Gasteiger partial charge in [-0.15, -0.1) is 0 Å². The van der Waals surface area contributed by atoms with Crippen LogP contribution in [0, 0.1) is 0 Å². The lowest BCUT2D eigenvalue weighted by Gasteiger charge is -2.33. The van der Waals surface area contributed by atoms with Gasteiger partial charge in [-0.1, -0.05) is 0 Å². The summed E-state index contributed by atoms with van der Waals surface area (Å²) >= 11 is 0. The van der Waals surface area contributed by atoms with Crippen LogP contribution in [-0.4, -0.2) is 29.3 Å². The fourth-order valence-corrected chi connectivity index (χ4v) is 1.65. The first kappa shape index (κ1) is 10.5. The monoisotopic (exact) mass is 187 g/mol. The molecule has 13 heavy (non-hydrogen) atoms. The summed E-state index contributed by atoms with van der Waals surface area (Å²) in [6, 6.07) is 0. The molecule has 2 unspecified atom stereocenters. The number of nitrogens with two attached hydrogens (primary N) is 1. The van der Waals surface area contributed by atoms with Gasteiger partial charge < -0.3 is 15.6 Å². The van der Waals surface area contributed by atoms with Crippen molar-refractivity contribution in [1.82, 2.24) is 0 Å². The Morgan fingerprint density at radius 2 is 2.46 bits per heavy atom. The Hall–Kier alpha value is -0.610. The van der Waals surface area contributed by atoms with E-state index >= 15 is 0 Å². The van der Waals surface area contributed by atoms with Crippen molar-refractivity contribution in [2.24, 2.45) is 5.73 Å². The summed E-state index contributed by atoms with van der Waals surface area (Å²) in [5.41, 5.74) is 4.45. The standard InChI is InChI=1S/C9H17NO3/c1-9(12)5-7(3-2-4-10)13-8(11)6-9/h7,12H,2-6,10H2,1H3. The first-order valence-electron chi connectivity index (χ1n) is 4.65. The number of hydrogen-bond acceptors (Lipinski definition) is 4. The Morgan fingerprint density at radius 3 is 3.00 bits per heavy atom. The van der Waals surface area contributed by atoms with Crippen molar-refractivity contribution in [3.05, 3.63) is 0 Å². The summed E-state index contributed by atoms with van der Waals surface area (Å²) < 4.78 is 5.07. The van der Waals surface area contributed by atoms with Crippen molar-refractivity contribution < 1.29 is 14.6 Å². The quantitative estimate of drug-likeness (QED) is 0.618. The second kappa shape index (κ2) is 4.07. The van der Waals surface area contributed by atoms with E-state index in [0.717, 1.165) is 12.8 Å². The van der Waals surface area contributed by atoms with E-state index in [1.165, 1.54) is 0 Å². The third-order valence-electron chi connectivity index (χ3n) is 2.22. The van der Waals surface area contributed by atoms with Gasteiger partial charge in [0, 0.05) is 6.42 Å². The van der Waals surface area contributed by atoms with Crippen molar-refractivity contribution in [1.29, 1.82) is 0 Å². The van der Waals surface area contributed by atoms with Crippen LogP contribution in [0.4, 0.5) is 0 Å².